The molecule has 0 amide bonds. The van der Waals surface area contributed by atoms with Gasteiger partial charge < -0.3 is 19.3 Å². The van der Waals surface area contributed by atoms with Crippen LogP contribution in [0.2, 0.25) is 0 Å². The number of carbonyl (C=O) groups excluding carboxylic acids is 1. The number of hydrogen-bond acceptors (Lipinski definition) is 5. The summed E-state index contributed by atoms with van der Waals surface area (Å²) in [4.78, 5) is 10.9. The second kappa shape index (κ2) is 4.74. The number of aldehydes is 1. The molecule has 0 unspecified atom stereocenters. The van der Waals surface area contributed by atoms with Gasteiger partial charge in [0.25, 0.3) is 0 Å². The Balaban J connectivity index is 3.67. The van der Waals surface area contributed by atoms with Gasteiger partial charge in [-0.3, -0.25) is 4.79 Å². The van der Waals surface area contributed by atoms with Crippen LogP contribution in [-0.4, -0.2) is 32.7 Å². The Morgan fingerprint density at radius 2 is 1.50 bits per heavy atom. The summed E-state index contributed by atoms with van der Waals surface area (Å²) in [5.41, 5.74) is 0.641. The highest BCUT2D eigenvalue weighted by atomic mass is 16.5. The van der Waals surface area contributed by atoms with Gasteiger partial charge in [-0.2, -0.15) is 0 Å². The van der Waals surface area contributed by atoms with Crippen LogP contribution >= 0.6 is 0 Å². The van der Waals surface area contributed by atoms with Crippen LogP contribution < -0.4 is 14.2 Å². The molecule has 1 N–H and O–H groups in total. The molecule has 16 heavy (non-hydrogen) atoms. The van der Waals surface area contributed by atoms with Crippen molar-refractivity contribution in [1.82, 2.24) is 0 Å². The van der Waals surface area contributed by atoms with Crippen molar-refractivity contribution >= 4 is 6.29 Å². The van der Waals surface area contributed by atoms with Crippen molar-refractivity contribution in [3.63, 3.8) is 0 Å². The normalized spacial score (nSPS) is 9.75. The number of hydrogen-bond donors (Lipinski definition) is 1. The van der Waals surface area contributed by atoms with Crippen LogP contribution in [0.3, 0.4) is 0 Å². The fourth-order valence-corrected chi connectivity index (χ4v) is 1.57. The van der Waals surface area contributed by atoms with Crippen LogP contribution in [0, 0.1) is 6.92 Å². The van der Waals surface area contributed by atoms with Crippen LogP contribution in [0.15, 0.2) is 0 Å². The van der Waals surface area contributed by atoms with E-state index in [1.165, 1.54) is 21.3 Å². The first kappa shape index (κ1) is 12.2. The smallest absolute Gasteiger partial charge is 0.207 e. The maximum atomic E-state index is 10.9. The van der Waals surface area contributed by atoms with Crippen LogP contribution in [0.25, 0.3) is 0 Å². The second-order valence-electron chi connectivity index (χ2n) is 3.10. The van der Waals surface area contributed by atoms with E-state index in [0.29, 0.717) is 17.6 Å². The van der Waals surface area contributed by atoms with Crippen molar-refractivity contribution in [2.24, 2.45) is 0 Å². The lowest BCUT2D eigenvalue weighted by molar-refractivity contribution is 0.111. The highest BCUT2D eigenvalue weighted by Gasteiger charge is 2.23. The van der Waals surface area contributed by atoms with E-state index in [2.05, 4.69) is 0 Å². The molecule has 0 fully saturated rings. The molecule has 5 heteroatoms. The number of phenols is 1. The number of ether oxygens (including phenoxy) is 3. The van der Waals surface area contributed by atoms with Crippen molar-refractivity contribution in [2.45, 2.75) is 6.92 Å². The number of carbonyl (C=O) groups is 1. The van der Waals surface area contributed by atoms with Crippen molar-refractivity contribution in [2.75, 3.05) is 21.3 Å². The Hall–Kier alpha value is -1.91. The molecule has 0 atom stereocenters. The van der Waals surface area contributed by atoms with Gasteiger partial charge in [-0.05, 0) is 6.92 Å². The zero-order valence-corrected chi connectivity index (χ0v) is 9.66. The Labute approximate surface area is 93.6 Å². The molecule has 1 aromatic rings. The first-order chi connectivity index (χ1) is 7.62. The lowest BCUT2D eigenvalue weighted by Crippen LogP contribution is -2.01. The molecule has 0 spiro atoms. The number of phenolic OH excluding ortho intramolecular Hbond substituents is 1. The maximum absolute atomic E-state index is 10.9. The monoisotopic (exact) mass is 226 g/mol. The van der Waals surface area contributed by atoms with Crippen molar-refractivity contribution in [3.8, 4) is 23.0 Å². The van der Waals surface area contributed by atoms with Gasteiger partial charge in [0.1, 0.15) is 0 Å². The summed E-state index contributed by atoms with van der Waals surface area (Å²) in [5.74, 6) is 0.490. The highest BCUT2D eigenvalue weighted by Crippen LogP contribution is 2.47. The first-order valence-corrected chi connectivity index (χ1v) is 4.59. The largest absolute Gasteiger partial charge is 0.504 e. The summed E-state index contributed by atoms with van der Waals surface area (Å²) in [5, 5.41) is 9.81. The second-order valence-corrected chi connectivity index (χ2v) is 3.10. The fourth-order valence-electron chi connectivity index (χ4n) is 1.57. The first-order valence-electron chi connectivity index (χ1n) is 4.59. The number of aromatic hydroxyl groups is 1. The Morgan fingerprint density at radius 1 is 1.00 bits per heavy atom. The zero-order valence-electron chi connectivity index (χ0n) is 9.66. The molecule has 0 aliphatic rings. The van der Waals surface area contributed by atoms with Crippen LogP contribution in [0.4, 0.5) is 0 Å². The predicted octanol–water partition coefficient (Wildman–Crippen LogP) is 1.54. The molecular weight excluding hydrogens is 212 g/mol. The van der Waals surface area contributed by atoms with Crippen molar-refractivity contribution in [1.29, 1.82) is 0 Å². The Morgan fingerprint density at radius 3 is 1.88 bits per heavy atom. The minimum absolute atomic E-state index is 0.0899. The van der Waals surface area contributed by atoms with Gasteiger partial charge in [-0.25, -0.2) is 0 Å². The van der Waals surface area contributed by atoms with E-state index in [1.54, 1.807) is 6.92 Å². The topological polar surface area (TPSA) is 65.0 Å². The Kier molecular flexibility index (Phi) is 3.60. The number of rotatable bonds is 4. The van der Waals surface area contributed by atoms with Gasteiger partial charge in [0.05, 0.1) is 26.9 Å². The lowest BCUT2D eigenvalue weighted by atomic mass is 10.1. The van der Waals surface area contributed by atoms with E-state index in [9.17, 15) is 9.90 Å². The van der Waals surface area contributed by atoms with E-state index in [1.807, 2.05) is 0 Å². The van der Waals surface area contributed by atoms with Crippen LogP contribution in [-0.2, 0) is 0 Å². The molecule has 88 valence electrons. The predicted molar refractivity (Wildman–Crippen MR) is 57.9 cm³/mol. The highest BCUT2D eigenvalue weighted by molar-refractivity contribution is 5.87. The van der Waals surface area contributed by atoms with Crippen LogP contribution in [0.5, 0.6) is 23.0 Å². The summed E-state index contributed by atoms with van der Waals surface area (Å²) in [6, 6.07) is 0. The van der Waals surface area contributed by atoms with Gasteiger partial charge in [0, 0.05) is 5.56 Å². The molecule has 0 radical (unpaired) electrons. The van der Waals surface area contributed by atoms with Gasteiger partial charge in [-0.1, -0.05) is 0 Å². The average molecular weight is 226 g/mol. The summed E-state index contributed by atoms with van der Waals surface area (Å²) >= 11 is 0. The maximum Gasteiger partial charge on any atom is 0.207 e. The van der Waals surface area contributed by atoms with E-state index < -0.39 is 0 Å². The standard InChI is InChI=1S/C11H14O5/c1-6-7(5-12)8(13)10(15-3)11(16-4)9(6)14-2/h5,13H,1-4H3. The molecule has 5 nitrogen and oxygen atoms in total. The quantitative estimate of drug-likeness (QED) is 0.789. The molecule has 0 aromatic heterocycles. The zero-order chi connectivity index (χ0) is 12.3. The van der Waals surface area contributed by atoms with Gasteiger partial charge >= 0.3 is 0 Å². The number of benzene rings is 1. The summed E-state index contributed by atoms with van der Waals surface area (Å²) < 4.78 is 15.2. The minimum Gasteiger partial charge on any atom is -0.504 e. The molecule has 0 saturated carbocycles. The molecule has 1 rings (SSSR count). The minimum atomic E-state index is -0.243. The summed E-state index contributed by atoms with van der Waals surface area (Å²) in [6.07, 6.45) is 0.551. The van der Waals surface area contributed by atoms with Crippen molar-refractivity contribution < 1.29 is 24.1 Å². The van der Waals surface area contributed by atoms with Crippen LogP contribution in [0.1, 0.15) is 15.9 Å². The third kappa shape index (κ3) is 1.64. The van der Waals surface area contributed by atoms with E-state index in [4.69, 9.17) is 14.2 Å². The van der Waals surface area contributed by atoms with E-state index in [0.717, 1.165) is 0 Å². The molecule has 0 heterocycles. The molecule has 0 aliphatic carbocycles. The van der Waals surface area contributed by atoms with Gasteiger partial charge in [0.2, 0.25) is 11.5 Å². The lowest BCUT2D eigenvalue weighted by Gasteiger charge is -2.17. The van der Waals surface area contributed by atoms with Gasteiger partial charge in [-0.15, -0.1) is 0 Å². The molecule has 0 bridgehead atoms. The van der Waals surface area contributed by atoms with Gasteiger partial charge in [0.15, 0.2) is 17.8 Å². The fraction of sp³-hybridized carbons (Fsp3) is 0.364. The molecule has 1 aromatic carbocycles. The molecule has 0 saturated heterocycles. The molecule has 0 aliphatic heterocycles. The molecular formula is C11H14O5. The van der Waals surface area contributed by atoms with E-state index in [-0.39, 0.29) is 22.8 Å². The average Bonchev–Trinajstić information content (AvgIpc) is 2.29. The SMILES string of the molecule is COc1c(C)c(C=O)c(O)c(OC)c1OC. The Bertz CT molecular complexity index is 380. The number of methoxy groups -OCH3 is 3. The summed E-state index contributed by atoms with van der Waals surface area (Å²) in [6.45, 7) is 1.66. The third-order valence-corrected chi connectivity index (χ3v) is 2.36. The van der Waals surface area contributed by atoms with Crippen molar-refractivity contribution in [3.05, 3.63) is 11.1 Å². The summed E-state index contributed by atoms with van der Waals surface area (Å²) in [7, 11) is 4.26. The van der Waals surface area contributed by atoms with E-state index >= 15 is 0 Å². The third-order valence-electron chi connectivity index (χ3n) is 2.36.